The molecule has 3 N–H and O–H groups in total. The molecule has 2 aromatic heterocycles. The molecule has 0 radical (unpaired) electrons. The van der Waals surface area contributed by atoms with E-state index < -0.39 is 5.91 Å². The molecule has 3 aromatic rings. The summed E-state index contributed by atoms with van der Waals surface area (Å²) in [7, 11) is 0. The van der Waals surface area contributed by atoms with Crippen LogP contribution in [0.4, 0.5) is 5.82 Å². The highest BCUT2D eigenvalue weighted by Gasteiger charge is 2.19. The first-order valence-corrected chi connectivity index (χ1v) is 6.13. The van der Waals surface area contributed by atoms with Crippen molar-refractivity contribution < 1.29 is 9.42 Å². The molecule has 0 saturated carbocycles. The molecule has 1 amide bonds. The van der Waals surface area contributed by atoms with Crippen LogP contribution >= 0.6 is 0 Å². The lowest BCUT2D eigenvalue weighted by atomic mass is 10.2. The fourth-order valence-electron chi connectivity index (χ4n) is 1.65. The van der Waals surface area contributed by atoms with E-state index in [9.17, 15) is 4.79 Å². The van der Waals surface area contributed by atoms with Gasteiger partial charge in [-0.1, -0.05) is 35.5 Å². The van der Waals surface area contributed by atoms with E-state index in [0.717, 1.165) is 10.2 Å². The standard InChI is InChI=1S/C12H10N8O2/c13-10-11(18-22-17-10)20-9(7-15-19-20)12(21)16-14-6-8-4-2-1-3-5-8/h1-7H,(H2,13,17)(H,16,21). The second kappa shape index (κ2) is 5.83. The molecule has 0 fully saturated rings. The Bertz CT molecular complexity index is 807. The van der Waals surface area contributed by atoms with Gasteiger partial charge in [0, 0.05) is 0 Å². The number of carbonyl (C=O) groups excluding carboxylic acids is 1. The normalized spacial score (nSPS) is 10.9. The van der Waals surface area contributed by atoms with Crippen molar-refractivity contribution in [1.82, 2.24) is 30.7 Å². The number of nitrogens with zero attached hydrogens (tertiary/aromatic N) is 6. The molecule has 0 saturated heterocycles. The van der Waals surface area contributed by atoms with Crippen LogP contribution in [0.15, 0.2) is 46.3 Å². The van der Waals surface area contributed by atoms with E-state index in [1.54, 1.807) is 0 Å². The number of nitrogens with two attached hydrogens (primary N) is 1. The zero-order chi connectivity index (χ0) is 15.4. The maximum Gasteiger partial charge on any atom is 0.291 e. The number of aromatic nitrogens is 5. The SMILES string of the molecule is Nc1nonc1-n1nncc1C(=O)NN=Cc1ccccc1. The van der Waals surface area contributed by atoms with Gasteiger partial charge < -0.3 is 5.73 Å². The second-order valence-corrected chi connectivity index (χ2v) is 4.11. The van der Waals surface area contributed by atoms with E-state index in [4.69, 9.17) is 5.73 Å². The first-order chi connectivity index (χ1) is 10.8. The minimum Gasteiger partial charge on any atom is -0.378 e. The van der Waals surface area contributed by atoms with E-state index in [2.05, 4.69) is 35.8 Å². The summed E-state index contributed by atoms with van der Waals surface area (Å²) in [4.78, 5) is 12.1. The van der Waals surface area contributed by atoms with E-state index >= 15 is 0 Å². The van der Waals surface area contributed by atoms with Crippen molar-refractivity contribution >= 4 is 17.9 Å². The smallest absolute Gasteiger partial charge is 0.291 e. The van der Waals surface area contributed by atoms with Crippen molar-refractivity contribution in [2.45, 2.75) is 0 Å². The predicted molar refractivity (Wildman–Crippen MR) is 75.1 cm³/mol. The minimum absolute atomic E-state index is 0.00710. The molecular formula is C12H10N8O2. The van der Waals surface area contributed by atoms with E-state index in [1.807, 2.05) is 30.3 Å². The van der Waals surface area contributed by atoms with Crippen molar-refractivity contribution in [3.63, 3.8) is 0 Å². The van der Waals surface area contributed by atoms with Gasteiger partial charge in [0.15, 0.2) is 5.69 Å². The zero-order valence-corrected chi connectivity index (χ0v) is 11.1. The number of anilines is 1. The Labute approximate surface area is 123 Å². The van der Waals surface area contributed by atoms with Gasteiger partial charge in [0.25, 0.3) is 5.91 Å². The van der Waals surface area contributed by atoms with Gasteiger partial charge in [-0.05, 0) is 15.9 Å². The number of benzene rings is 1. The third-order valence-corrected chi connectivity index (χ3v) is 2.66. The van der Waals surface area contributed by atoms with Crippen molar-refractivity contribution in [2.75, 3.05) is 5.73 Å². The number of carbonyl (C=O) groups is 1. The Hall–Kier alpha value is -3.56. The molecule has 0 aliphatic heterocycles. The minimum atomic E-state index is -0.528. The van der Waals surface area contributed by atoms with Crippen LogP contribution in [0, 0.1) is 0 Å². The van der Waals surface area contributed by atoms with Crippen LogP contribution < -0.4 is 11.2 Å². The second-order valence-electron chi connectivity index (χ2n) is 4.11. The van der Waals surface area contributed by atoms with Crippen molar-refractivity contribution in [3.05, 3.63) is 47.8 Å². The molecular weight excluding hydrogens is 288 g/mol. The quantitative estimate of drug-likeness (QED) is 0.510. The van der Waals surface area contributed by atoms with Gasteiger partial charge in [0.2, 0.25) is 11.6 Å². The summed E-state index contributed by atoms with van der Waals surface area (Å²) in [5, 5.41) is 18.2. The zero-order valence-electron chi connectivity index (χ0n) is 11.1. The lowest BCUT2D eigenvalue weighted by Gasteiger charge is -2.00. The van der Waals surface area contributed by atoms with Crippen LogP contribution in [0.5, 0.6) is 0 Å². The number of hydrazone groups is 1. The number of amides is 1. The van der Waals surface area contributed by atoms with Crippen molar-refractivity contribution in [2.24, 2.45) is 5.10 Å². The molecule has 0 aliphatic carbocycles. The average molecular weight is 298 g/mol. The fourth-order valence-corrected chi connectivity index (χ4v) is 1.65. The van der Waals surface area contributed by atoms with E-state index in [0.29, 0.717) is 0 Å². The molecule has 0 bridgehead atoms. The molecule has 22 heavy (non-hydrogen) atoms. The van der Waals surface area contributed by atoms with Gasteiger partial charge in [0.1, 0.15) is 0 Å². The van der Waals surface area contributed by atoms with Gasteiger partial charge in [-0.2, -0.15) is 9.78 Å². The molecule has 2 heterocycles. The highest BCUT2D eigenvalue weighted by Crippen LogP contribution is 2.12. The number of rotatable bonds is 4. The molecule has 0 aliphatic rings. The molecule has 0 spiro atoms. The number of hydrogen-bond acceptors (Lipinski definition) is 8. The predicted octanol–water partition coefficient (Wildman–Crippen LogP) is -0.00360. The summed E-state index contributed by atoms with van der Waals surface area (Å²) in [6, 6.07) is 9.31. The van der Waals surface area contributed by atoms with Gasteiger partial charge in [-0.15, -0.1) is 5.10 Å². The van der Waals surface area contributed by atoms with Crippen LogP contribution in [0.2, 0.25) is 0 Å². The summed E-state index contributed by atoms with van der Waals surface area (Å²) in [5.41, 5.74) is 8.86. The lowest BCUT2D eigenvalue weighted by Crippen LogP contribution is -2.21. The van der Waals surface area contributed by atoms with Crippen LogP contribution in [-0.2, 0) is 0 Å². The molecule has 0 atom stereocenters. The van der Waals surface area contributed by atoms with Crippen molar-refractivity contribution in [3.8, 4) is 5.82 Å². The first kappa shape index (κ1) is 13.4. The average Bonchev–Trinajstić information content (AvgIpc) is 3.16. The van der Waals surface area contributed by atoms with Gasteiger partial charge in [0.05, 0.1) is 12.4 Å². The number of nitrogens with one attached hydrogen (secondary N) is 1. The largest absolute Gasteiger partial charge is 0.378 e. The highest BCUT2D eigenvalue weighted by atomic mass is 16.6. The van der Waals surface area contributed by atoms with Crippen molar-refractivity contribution in [1.29, 1.82) is 0 Å². The van der Waals surface area contributed by atoms with E-state index in [-0.39, 0.29) is 17.3 Å². The first-order valence-electron chi connectivity index (χ1n) is 6.13. The molecule has 0 unspecified atom stereocenters. The number of hydrogen-bond donors (Lipinski definition) is 2. The van der Waals surface area contributed by atoms with Crippen LogP contribution in [0.3, 0.4) is 0 Å². The molecule has 10 nitrogen and oxygen atoms in total. The van der Waals surface area contributed by atoms with Gasteiger partial charge >= 0.3 is 0 Å². The summed E-state index contributed by atoms with van der Waals surface area (Å²) in [5.74, 6) is -0.457. The Morgan fingerprint density at radius 3 is 2.86 bits per heavy atom. The van der Waals surface area contributed by atoms with Gasteiger partial charge in [-0.3, -0.25) is 4.79 Å². The maximum atomic E-state index is 12.1. The highest BCUT2D eigenvalue weighted by molar-refractivity contribution is 5.93. The third-order valence-electron chi connectivity index (χ3n) is 2.66. The number of nitrogen functional groups attached to an aromatic ring is 1. The van der Waals surface area contributed by atoms with Gasteiger partial charge in [-0.25, -0.2) is 10.1 Å². The van der Waals surface area contributed by atoms with Crippen LogP contribution in [0.1, 0.15) is 16.1 Å². The van der Waals surface area contributed by atoms with Crippen LogP contribution in [-0.4, -0.2) is 37.4 Å². The lowest BCUT2D eigenvalue weighted by molar-refractivity contribution is 0.0947. The van der Waals surface area contributed by atoms with E-state index in [1.165, 1.54) is 12.4 Å². The third kappa shape index (κ3) is 2.65. The fraction of sp³-hybridized carbons (Fsp3) is 0. The molecule has 10 heteroatoms. The summed E-state index contributed by atoms with van der Waals surface area (Å²) in [6.45, 7) is 0. The molecule has 1 aromatic carbocycles. The Kier molecular flexibility index (Phi) is 3.56. The topological polar surface area (TPSA) is 137 Å². The molecule has 110 valence electrons. The Morgan fingerprint density at radius 1 is 1.32 bits per heavy atom. The van der Waals surface area contributed by atoms with Crippen LogP contribution in [0.25, 0.3) is 5.82 Å². The molecule has 3 rings (SSSR count). The maximum absolute atomic E-state index is 12.1. The summed E-state index contributed by atoms with van der Waals surface area (Å²) in [6.07, 6.45) is 2.76. The monoisotopic (exact) mass is 298 g/mol. The summed E-state index contributed by atoms with van der Waals surface area (Å²) < 4.78 is 5.58. The Balaban J connectivity index is 1.75. The summed E-state index contributed by atoms with van der Waals surface area (Å²) >= 11 is 0. The Morgan fingerprint density at radius 2 is 2.14 bits per heavy atom.